The van der Waals surface area contributed by atoms with E-state index in [2.05, 4.69) is 17.4 Å². The summed E-state index contributed by atoms with van der Waals surface area (Å²) in [5, 5.41) is 3.01. The molecule has 2 nitrogen and oxygen atoms in total. The van der Waals surface area contributed by atoms with Crippen LogP contribution in [0.15, 0.2) is 30.3 Å². The van der Waals surface area contributed by atoms with Crippen LogP contribution in [0, 0.1) is 0 Å². The van der Waals surface area contributed by atoms with Gasteiger partial charge in [0.1, 0.15) is 5.88 Å². The van der Waals surface area contributed by atoms with Crippen molar-refractivity contribution in [1.82, 2.24) is 5.32 Å². The number of nitrogens with one attached hydrogen (secondary N) is 1. The van der Waals surface area contributed by atoms with E-state index < -0.39 is 0 Å². The van der Waals surface area contributed by atoms with Crippen molar-refractivity contribution >= 4 is 17.5 Å². The number of amides is 1. The summed E-state index contributed by atoms with van der Waals surface area (Å²) in [5.41, 5.74) is 1.32. The molecule has 0 radical (unpaired) electrons. The Morgan fingerprint density at radius 2 is 2.06 bits per heavy atom. The van der Waals surface area contributed by atoms with E-state index in [-0.39, 0.29) is 17.8 Å². The van der Waals surface area contributed by atoms with E-state index in [1.54, 1.807) is 0 Å². The van der Waals surface area contributed by atoms with Gasteiger partial charge in [-0.25, -0.2) is 0 Å². The molecule has 0 bridgehead atoms. The summed E-state index contributed by atoms with van der Waals surface area (Å²) in [4.78, 5) is 11.3. The molecule has 0 spiro atoms. The van der Waals surface area contributed by atoms with E-state index in [1.807, 2.05) is 18.2 Å². The Labute approximate surface area is 101 Å². The standard InChI is InChI=1S/C13H16ClNO/c14-9-13(16)15-12-8-4-7-11(12)10-5-2-1-3-6-10/h1-3,5-6,11-12H,4,7-9H2,(H,15,16)/t11-,12-/m0/s1. The van der Waals surface area contributed by atoms with Crippen LogP contribution in [-0.4, -0.2) is 17.8 Å². The van der Waals surface area contributed by atoms with Gasteiger partial charge in [0.25, 0.3) is 0 Å². The number of carbonyl (C=O) groups excluding carboxylic acids is 1. The minimum atomic E-state index is -0.0607. The molecular weight excluding hydrogens is 222 g/mol. The minimum absolute atomic E-state index is 0.0536. The lowest BCUT2D eigenvalue weighted by Crippen LogP contribution is -2.37. The average Bonchev–Trinajstić information content (AvgIpc) is 2.78. The quantitative estimate of drug-likeness (QED) is 0.805. The topological polar surface area (TPSA) is 29.1 Å². The summed E-state index contributed by atoms with van der Waals surface area (Å²) in [7, 11) is 0. The van der Waals surface area contributed by atoms with Crippen LogP contribution in [0.4, 0.5) is 0 Å². The first-order valence-corrected chi connectivity index (χ1v) is 6.25. The normalized spacial score (nSPS) is 24.3. The first-order chi connectivity index (χ1) is 7.81. The number of hydrogen-bond acceptors (Lipinski definition) is 1. The Balaban J connectivity index is 2.06. The molecular formula is C13H16ClNO. The maximum atomic E-state index is 11.3. The number of rotatable bonds is 3. The molecule has 0 heterocycles. The number of carbonyl (C=O) groups is 1. The third-order valence-corrected chi connectivity index (χ3v) is 3.45. The second-order valence-corrected chi connectivity index (χ2v) is 4.52. The van der Waals surface area contributed by atoms with E-state index in [9.17, 15) is 4.79 Å². The Bertz CT molecular complexity index is 352. The molecule has 3 heteroatoms. The number of halogens is 1. The van der Waals surface area contributed by atoms with Crippen molar-refractivity contribution in [2.45, 2.75) is 31.2 Å². The van der Waals surface area contributed by atoms with Crippen LogP contribution >= 0.6 is 11.6 Å². The predicted octanol–water partition coefficient (Wildman–Crippen LogP) is 2.68. The van der Waals surface area contributed by atoms with Gasteiger partial charge < -0.3 is 5.32 Å². The van der Waals surface area contributed by atoms with Crippen LogP contribution < -0.4 is 5.32 Å². The molecule has 2 rings (SSSR count). The second kappa shape index (κ2) is 5.35. The predicted molar refractivity (Wildman–Crippen MR) is 65.7 cm³/mol. The molecule has 0 saturated heterocycles. The summed E-state index contributed by atoms with van der Waals surface area (Å²) >= 11 is 5.51. The molecule has 0 unspecified atom stereocenters. The molecule has 1 aromatic carbocycles. The lowest BCUT2D eigenvalue weighted by atomic mass is 9.94. The van der Waals surface area contributed by atoms with Crippen LogP contribution in [0.25, 0.3) is 0 Å². The number of benzene rings is 1. The highest BCUT2D eigenvalue weighted by molar-refractivity contribution is 6.27. The van der Waals surface area contributed by atoms with Crippen molar-refractivity contribution in [2.75, 3.05) is 5.88 Å². The van der Waals surface area contributed by atoms with Gasteiger partial charge in [-0.15, -0.1) is 11.6 Å². The van der Waals surface area contributed by atoms with Gasteiger partial charge >= 0.3 is 0 Å². The summed E-state index contributed by atoms with van der Waals surface area (Å²) in [6.45, 7) is 0. The highest BCUT2D eigenvalue weighted by atomic mass is 35.5. The Morgan fingerprint density at radius 3 is 2.75 bits per heavy atom. The number of hydrogen-bond donors (Lipinski definition) is 1. The molecule has 2 atom stereocenters. The van der Waals surface area contributed by atoms with Crippen molar-refractivity contribution in [1.29, 1.82) is 0 Å². The highest BCUT2D eigenvalue weighted by Crippen LogP contribution is 2.34. The van der Waals surface area contributed by atoms with E-state index in [0.717, 1.165) is 12.8 Å². The minimum Gasteiger partial charge on any atom is -0.352 e. The third kappa shape index (κ3) is 2.56. The molecule has 1 N–H and O–H groups in total. The van der Waals surface area contributed by atoms with Gasteiger partial charge in [-0.3, -0.25) is 4.79 Å². The van der Waals surface area contributed by atoms with Gasteiger partial charge in [0, 0.05) is 12.0 Å². The van der Waals surface area contributed by atoms with Crippen LogP contribution in [0.5, 0.6) is 0 Å². The van der Waals surface area contributed by atoms with E-state index in [0.29, 0.717) is 5.92 Å². The highest BCUT2D eigenvalue weighted by Gasteiger charge is 2.29. The van der Waals surface area contributed by atoms with Gasteiger partial charge in [0.05, 0.1) is 0 Å². The van der Waals surface area contributed by atoms with Crippen LogP contribution in [-0.2, 0) is 4.79 Å². The summed E-state index contributed by atoms with van der Waals surface area (Å²) < 4.78 is 0. The van der Waals surface area contributed by atoms with E-state index in [1.165, 1.54) is 12.0 Å². The van der Waals surface area contributed by atoms with Crippen LogP contribution in [0.3, 0.4) is 0 Å². The second-order valence-electron chi connectivity index (χ2n) is 4.26. The van der Waals surface area contributed by atoms with Crippen molar-refractivity contribution in [3.63, 3.8) is 0 Å². The maximum Gasteiger partial charge on any atom is 0.235 e. The molecule has 1 aromatic rings. The first-order valence-electron chi connectivity index (χ1n) is 5.71. The van der Waals surface area contributed by atoms with Gasteiger partial charge in [0.2, 0.25) is 5.91 Å². The lowest BCUT2D eigenvalue weighted by molar-refractivity contribution is -0.119. The monoisotopic (exact) mass is 237 g/mol. The Kier molecular flexibility index (Phi) is 3.83. The van der Waals surface area contributed by atoms with Gasteiger partial charge in [-0.05, 0) is 18.4 Å². The van der Waals surface area contributed by atoms with Gasteiger partial charge in [-0.1, -0.05) is 36.8 Å². The molecule has 16 heavy (non-hydrogen) atoms. The maximum absolute atomic E-state index is 11.3. The first kappa shape index (κ1) is 11.5. The van der Waals surface area contributed by atoms with E-state index >= 15 is 0 Å². The molecule has 1 fully saturated rings. The van der Waals surface area contributed by atoms with Crippen LogP contribution in [0.2, 0.25) is 0 Å². The smallest absolute Gasteiger partial charge is 0.235 e. The average molecular weight is 238 g/mol. The summed E-state index contributed by atoms with van der Waals surface area (Å²) in [5.74, 6) is 0.445. The Hall–Kier alpha value is -1.02. The molecule has 1 amide bonds. The van der Waals surface area contributed by atoms with Gasteiger partial charge in [0.15, 0.2) is 0 Å². The zero-order valence-corrected chi connectivity index (χ0v) is 9.91. The molecule has 1 saturated carbocycles. The Morgan fingerprint density at radius 1 is 1.31 bits per heavy atom. The SMILES string of the molecule is O=C(CCl)N[C@H]1CCC[C@H]1c1ccccc1. The van der Waals surface area contributed by atoms with Crippen LogP contribution in [0.1, 0.15) is 30.7 Å². The summed E-state index contributed by atoms with van der Waals surface area (Å²) in [6, 6.07) is 10.6. The fourth-order valence-corrected chi connectivity index (χ4v) is 2.55. The summed E-state index contributed by atoms with van der Waals surface area (Å²) in [6.07, 6.45) is 3.38. The van der Waals surface area contributed by atoms with E-state index in [4.69, 9.17) is 11.6 Å². The zero-order valence-electron chi connectivity index (χ0n) is 9.16. The lowest BCUT2D eigenvalue weighted by Gasteiger charge is -2.20. The third-order valence-electron chi connectivity index (χ3n) is 3.21. The van der Waals surface area contributed by atoms with Crippen molar-refractivity contribution in [3.05, 3.63) is 35.9 Å². The molecule has 1 aliphatic rings. The van der Waals surface area contributed by atoms with Crippen molar-refractivity contribution in [3.8, 4) is 0 Å². The van der Waals surface area contributed by atoms with Gasteiger partial charge in [-0.2, -0.15) is 0 Å². The molecule has 0 aliphatic heterocycles. The molecule has 1 aliphatic carbocycles. The fourth-order valence-electron chi connectivity index (χ4n) is 2.48. The number of alkyl halides is 1. The van der Waals surface area contributed by atoms with Crippen molar-refractivity contribution < 1.29 is 4.79 Å². The zero-order chi connectivity index (χ0) is 11.4. The van der Waals surface area contributed by atoms with Crippen molar-refractivity contribution in [2.24, 2.45) is 0 Å². The molecule has 0 aromatic heterocycles. The largest absolute Gasteiger partial charge is 0.352 e. The molecule has 86 valence electrons. The fraction of sp³-hybridized carbons (Fsp3) is 0.462.